The highest BCUT2D eigenvalue weighted by Crippen LogP contribution is 2.29. The van der Waals surface area contributed by atoms with Crippen molar-refractivity contribution in [2.45, 2.75) is 26.7 Å². The lowest BCUT2D eigenvalue weighted by Crippen LogP contribution is -2.37. The molecule has 25 heavy (non-hydrogen) atoms. The largest absolute Gasteiger partial charge is 0.466 e. The van der Waals surface area contributed by atoms with Crippen LogP contribution in [0.15, 0.2) is 35.1 Å². The summed E-state index contributed by atoms with van der Waals surface area (Å²) in [4.78, 5) is 25.3. The number of hydrogen-bond acceptors (Lipinski definition) is 5. The smallest absolute Gasteiger partial charge is 0.309 e. The summed E-state index contributed by atoms with van der Waals surface area (Å²) in [6.07, 6.45) is 1.64. The lowest BCUT2D eigenvalue weighted by Gasteiger charge is -2.33. The van der Waals surface area contributed by atoms with Crippen LogP contribution in [-0.4, -0.2) is 35.9 Å². The Bertz CT molecular complexity index is 787. The number of carbonyl (C=O) groups excluding carboxylic acids is 1. The normalized spacial score (nSPS) is 15.2. The minimum atomic E-state index is -0.207. The maximum atomic E-state index is 11.9. The van der Waals surface area contributed by atoms with Crippen LogP contribution in [0.1, 0.15) is 25.3 Å². The molecule has 0 aliphatic carbocycles. The number of nitrogens with zero attached hydrogens (tertiary/aromatic N) is 2. The first-order valence-corrected chi connectivity index (χ1v) is 8.67. The summed E-state index contributed by atoms with van der Waals surface area (Å²) >= 11 is 0. The third-order valence-electron chi connectivity index (χ3n) is 4.63. The van der Waals surface area contributed by atoms with E-state index in [2.05, 4.69) is 34.2 Å². The number of nitrogens with one attached hydrogen (secondary N) is 1. The molecular formula is C19H23N3O3. The number of anilines is 1. The molecule has 0 spiro atoms. The number of aromatic amines is 1. The molecule has 132 valence electrons. The molecule has 1 N–H and O–H groups in total. The molecule has 2 heterocycles. The number of aromatic nitrogens is 2. The third-order valence-corrected chi connectivity index (χ3v) is 4.63. The van der Waals surface area contributed by atoms with Gasteiger partial charge in [0.1, 0.15) is 0 Å². The minimum absolute atomic E-state index is 0.0149. The van der Waals surface area contributed by atoms with E-state index in [9.17, 15) is 9.59 Å². The summed E-state index contributed by atoms with van der Waals surface area (Å²) in [5, 5.41) is 6.54. The SMILES string of the molecule is CCOC(=O)C1CCN(c2ccc(-c3ccc(=O)[nH]n3)cc2C)CC1. The van der Waals surface area contributed by atoms with Gasteiger partial charge in [0.15, 0.2) is 0 Å². The molecule has 1 aromatic heterocycles. The van der Waals surface area contributed by atoms with Crippen LogP contribution < -0.4 is 10.5 Å². The second kappa shape index (κ2) is 7.51. The number of ether oxygens (including phenoxy) is 1. The Labute approximate surface area is 146 Å². The molecule has 1 fully saturated rings. The molecule has 6 heteroatoms. The zero-order valence-corrected chi connectivity index (χ0v) is 14.6. The van der Waals surface area contributed by atoms with Gasteiger partial charge >= 0.3 is 5.97 Å². The Morgan fingerprint density at radius 2 is 2.04 bits per heavy atom. The number of rotatable bonds is 4. The number of aryl methyl sites for hydroxylation is 1. The Kier molecular flexibility index (Phi) is 5.16. The van der Waals surface area contributed by atoms with Crippen molar-refractivity contribution in [3.8, 4) is 11.3 Å². The van der Waals surface area contributed by atoms with Crippen molar-refractivity contribution in [1.82, 2.24) is 10.2 Å². The Hall–Kier alpha value is -2.63. The van der Waals surface area contributed by atoms with Crippen molar-refractivity contribution in [3.05, 3.63) is 46.2 Å². The van der Waals surface area contributed by atoms with E-state index < -0.39 is 0 Å². The van der Waals surface area contributed by atoms with Crippen LogP contribution in [0.3, 0.4) is 0 Å². The van der Waals surface area contributed by atoms with Crippen molar-refractivity contribution in [2.75, 3.05) is 24.6 Å². The fraction of sp³-hybridized carbons (Fsp3) is 0.421. The number of piperidine rings is 1. The number of benzene rings is 1. The third kappa shape index (κ3) is 3.90. The highest BCUT2D eigenvalue weighted by Gasteiger charge is 2.26. The topological polar surface area (TPSA) is 75.3 Å². The van der Waals surface area contributed by atoms with E-state index in [0.717, 1.165) is 42.8 Å². The molecule has 0 amide bonds. The van der Waals surface area contributed by atoms with Crippen molar-refractivity contribution in [2.24, 2.45) is 5.92 Å². The standard InChI is InChI=1S/C19H23N3O3/c1-3-25-19(24)14-8-10-22(11-9-14)17-6-4-15(12-13(17)2)16-5-7-18(23)21-20-16/h4-7,12,14H,3,8-11H2,1-2H3,(H,21,23). The molecule has 0 bridgehead atoms. The summed E-state index contributed by atoms with van der Waals surface area (Å²) < 4.78 is 5.13. The van der Waals surface area contributed by atoms with Crippen molar-refractivity contribution >= 4 is 11.7 Å². The van der Waals surface area contributed by atoms with Gasteiger partial charge in [-0.05, 0) is 50.5 Å². The molecule has 2 aromatic rings. The predicted octanol–water partition coefficient (Wildman–Crippen LogP) is 2.52. The first kappa shape index (κ1) is 17.2. The fourth-order valence-corrected chi connectivity index (χ4v) is 3.29. The maximum absolute atomic E-state index is 11.9. The van der Waals surface area contributed by atoms with Crippen LogP contribution in [0.25, 0.3) is 11.3 Å². The van der Waals surface area contributed by atoms with Crippen molar-refractivity contribution < 1.29 is 9.53 Å². The van der Waals surface area contributed by atoms with Gasteiger partial charge in [-0.1, -0.05) is 6.07 Å². The average Bonchev–Trinajstić information content (AvgIpc) is 2.63. The Balaban J connectivity index is 1.71. The van der Waals surface area contributed by atoms with Gasteiger partial charge in [0.05, 0.1) is 18.2 Å². The van der Waals surface area contributed by atoms with Crippen LogP contribution in [0, 0.1) is 12.8 Å². The van der Waals surface area contributed by atoms with Gasteiger partial charge in [-0.15, -0.1) is 0 Å². The van der Waals surface area contributed by atoms with Crippen LogP contribution in [0.4, 0.5) is 5.69 Å². The highest BCUT2D eigenvalue weighted by atomic mass is 16.5. The van der Waals surface area contributed by atoms with E-state index in [4.69, 9.17) is 4.74 Å². The van der Waals surface area contributed by atoms with Gasteiger partial charge in [-0.3, -0.25) is 9.59 Å². The second-order valence-corrected chi connectivity index (χ2v) is 6.32. The lowest BCUT2D eigenvalue weighted by molar-refractivity contribution is -0.148. The minimum Gasteiger partial charge on any atom is -0.466 e. The second-order valence-electron chi connectivity index (χ2n) is 6.32. The first-order chi connectivity index (χ1) is 12.1. The number of H-pyrrole nitrogens is 1. The monoisotopic (exact) mass is 341 g/mol. The average molecular weight is 341 g/mol. The predicted molar refractivity (Wildman–Crippen MR) is 96.6 cm³/mol. The quantitative estimate of drug-likeness (QED) is 0.865. The van der Waals surface area contributed by atoms with E-state index in [0.29, 0.717) is 6.61 Å². The number of esters is 1. The van der Waals surface area contributed by atoms with Gasteiger partial charge in [0.2, 0.25) is 0 Å². The summed E-state index contributed by atoms with van der Waals surface area (Å²) in [6, 6.07) is 9.37. The number of carbonyl (C=O) groups is 1. The molecule has 1 aromatic carbocycles. The summed E-state index contributed by atoms with van der Waals surface area (Å²) in [5.41, 5.74) is 3.84. The lowest BCUT2D eigenvalue weighted by atomic mass is 9.95. The highest BCUT2D eigenvalue weighted by molar-refractivity contribution is 5.73. The zero-order chi connectivity index (χ0) is 17.8. The zero-order valence-electron chi connectivity index (χ0n) is 14.6. The van der Waals surface area contributed by atoms with E-state index in [-0.39, 0.29) is 17.4 Å². The Morgan fingerprint density at radius 3 is 2.64 bits per heavy atom. The molecule has 3 rings (SSSR count). The van der Waals surface area contributed by atoms with Gasteiger partial charge in [-0.25, -0.2) is 5.10 Å². The van der Waals surface area contributed by atoms with Crippen molar-refractivity contribution in [1.29, 1.82) is 0 Å². The molecule has 0 saturated carbocycles. The van der Waals surface area contributed by atoms with E-state index in [1.807, 2.05) is 13.0 Å². The molecule has 0 unspecified atom stereocenters. The molecule has 0 atom stereocenters. The fourth-order valence-electron chi connectivity index (χ4n) is 3.29. The molecule has 1 saturated heterocycles. The van der Waals surface area contributed by atoms with Gasteiger partial charge in [-0.2, -0.15) is 5.10 Å². The van der Waals surface area contributed by atoms with Gasteiger partial charge < -0.3 is 9.64 Å². The maximum Gasteiger partial charge on any atom is 0.309 e. The Morgan fingerprint density at radius 1 is 1.28 bits per heavy atom. The summed E-state index contributed by atoms with van der Waals surface area (Å²) in [7, 11) is 0. The van der Waals surface area contributed by atoms with Crippen LogP contribution in [0.5, 0.6) is 0 Å². The molecule has 1 aliphatic heterocycles. The molecular weight excluding hydrogens is 318 g/mol. The summed E-state index contributed by atoms with van der Waals surface area (Å²) in [6.45, 7) is 6.05. The summed E-state index contributed by atoms with van der Waals surface area (Å²) in [5.74, 6) is -0.0560. The van der Waals surface area contributed by atoms with E-state index >= 15 is 0 Å². The van der Waals surface area contributed by atoms with Crippen LogP contribution >= 0.6 is 0 Å². The van der Waals surface area contributed by atoms with Crippen LogP contribution in [0.2, 0.25) is 0 Å². The molecule has 1 aliphatic rings. The van der Waals surface area contributed by atoms with Gasteiger partial charge in [0, 0.05) is 30.4 Å². The van der Waals surface area contributed by atoms with E-state index in [1.165, 1.54) is 11.8 Å². The molecule has 0 radical (unpaired) electrons. The number of hydrogen-bond donors (Lipinski definition) is 1. The van der Waals surface area contributed by atoms with E-state index in [1.54, 1.807) is 6.07 Å². The first-order valence-electron chi connectivity index (χ1n) is 8.67. The van der Waals surface area contributed by atoms with Crippen LogP contribution in [-0.2, 0) is 9.53 Å². The molecule has 6 nitrogen and oxygen atoms in total. The van der Waals surface area contributed by atoms with Gasteiger partial charge in [0.25, 0.3) is 5.56 Å². The van der Waals surface area contributed by atoms with Crippen molar-refractivity contribution in [3.63, 3.8) is 0 Å².